The number of anilines is 2. The van der Waals surface area contributed by atoms with Gasteiger partial charge in [-0.25, -0.2) is 9.97 Å². The summed E-state index contributed by atoms with van der Waals surface area (Å²) < 4.78 is 0. The van der Waals surface area contributed by atoms with Crippen molar-refractivity contribution in [3.8, 4) is 0 Å². The van der Waals surface area contributed by atoms with Crippen molar-refractivity contribution in [1.29, 1.82) is 0 Å². The average molecular weight is 276 g/mol. The quantitative estimate of drug-likeness (QED) is 0.759. The number of nitrogens with zero attached hydrogens (tertiary/aromatic N) is 2. The van der Waals surface area contributed by atoms with Crippen molar-refractivity contribution in [1.82, 2.24) is 9.97 Å². The van der Waals surface area contributed by atoms with Crippen molar-refractivity contribution >= 4 is 11.6 Å². The van der Waals surface area contributed by atoms with Crippen molar-refractivity contribution in [3.63, 3.8) is 0 Å². The standard InChI is InChI=1S/C16H28N4/c1-5-8-16(9-10-16)11-18-15-12(4)14(17-7-3)19-13(6-2)20-15/h5-11H2,1-4H3,(H2,17,18,19,20). The molecule has 1 aromatic heterocycles. The molecule has 1 aromatic rings. The predicted octanol–water partition coefficient (Wildman–Crippen LogP) is 3.77. The summed E-state index contributed by atoms with van der Waals surface area (Å²) in [5, 5.41) is 6.92. The maximum atomic E-state index is 4.66. The van der Waals surface area contributed by atoms with E-state index in [4.69, 9.17) is 0 Å². The molecular formula is C16H28N4. The van der Waals surface area contributed by atoms with E-state index in [1.54, 1.807) is 0 Å². The van der Waals surface area contributed by atoms with Gasteiger partial charge in [0.25, 0.3) is 0 Å². The molecule has 0 spiro atoms. The molecule has 1 aliphatic carbocycles. The Bertz CT molecular complexity index is 452. The van der Waals surface area contributed by atoms with Gasteiger partial charge in [-0.1, -0.05) is 20.3 Å². The van der Waals surface area contributed by atoms with Crippen molar-refractivity contribution in [2.75, 3.05) is 23.7 Å². The van der Waals surface area contributed by atoms with Crippen LogP contribution in [0.15, 0.2) is 0 Å². The van der Waals surface area contributed by atoms with Gasteiger partial charge in [-0.15, -0.1) is 0 Å². The molecule has 0 radical (unpaired) electrons. The van der Waals surface area contributed by atoms with Gasteiger partial charge < -0.3 is 10.6 Å². The Hall–Kier alpha value is -1.32. The molecule has 0 bridgehead atoms. The molecule has 0 unspecified atom stereocenters. The molecule has 1 saturated carbocycles. The second kappa shape index (κ2) is 6.42. The maximum Gasteiger partial charge on any atom is 0.134 e. The molecule has 0 aliphatic heterocycles. The zero-order chi connectivity index (χ0) is 14.6. The van der Waals surface area contributed by atoms with Crippen LogP contribution in [0.3, 0.4) is 0 Å². The molecule has 112 valence electrons. The fourth-order valence-electron chi connectivity index (χ4n) is 2.73. The monoisotopic (exact) mass is 276 g/mol. The van der Waals surface area contributed by atoms with Crippen molar-refractivity contribution in [2.24, 2.45) is 5.41 Å². The highest BCUT2D eigenvalue weighted by atomic mass is 15.1. The topological polar surface area (TPSA) is 49.8 Å². The largest absolute Gasteiger partial charge is 0.370 e. The molecule has 0 amide bonds. The first-order valence-corrected chi connectivity index (χ1v) is 7.99. The second-order valence-corrected chi connectivity index (χ2v) is 5.95. The third-order valence-electron chi connectivity index (χ3n) is 4.22. The Morgan fingerprint density at radius 1 is 1.05 bits per heavy atom. The van der Waals surface area contributed by atoms with E-state index in [1.165, 1.54) is 25.7 Å². The van der Waals surface area contributed by atoms with Gasteiger partial charge in [-0.2, -0.15) is 0 Å². The number of hydrogen-bond acceptors (Lipinski definition) is 4. The lowest BCUT2D eigenvalue weighted by atomic mass is 10.0. The summed E-state index contributed by atoms with van der Waals surface area (Å²) in [6.07, 6.45) is 6.18. The summed E-state index contributed by atoms with van der Waals surface area (Å²) in [4.78, 5) is 9.24. The van der Waals surface area contributed by atoms with E-state index in [9.17, 15) is 0 Å². The number of aryl methyl sites for hydroxylation is 1. The molecule has 4 nitrogen and oxygen atoms in total. The van der Waals surface area contributed by atoms with Crippen molar-refractivity contribution in [2.45, 2.75) is 59.8 Å². The molecule has 4 heteroatoms. The van der Waals surface area contributed by atoms with E-state index in [2.05, 4.69) is 48.3 Å². The minimum Gasteiger partial charge on any atom is -0.370 e. The maximum absolute atomic E-state index is 4.66. The molecule has 0 aromatic carbocycles. The SMILES string of the molecule is CCCC1(CNc2nc(CC)nc(NCC)c2C)CC1. The molecule has 20 heavy (non-hydrogen) atoms. The van der Waals surface area contributed by atoms with Crippen LogP contribution in [0.1, 0.15) is 57.8 Å². The highest BCUT2D eigenvalue weighted by molar-refractivity contribution is 5.57. The van der Waals surface area contributed by atoms with Gasteiger partial charge in [0.05, 0.1) is 0 Å². The van der Waals surface area contributed by atoms with Crippen molar-refractivity contribution in [3.05, 3.63) is 11.4 Å². The van der Waals surface area contributed by atoms with E-state index in [1.807, 2.05) is 0 Å². The van der Waals surface area contributed by atoms with Crippen LogP contribution >= 0.6 is 0 Å². The van der Waals surface area contributed by atoms with E-state index < -0.39 is 0 Å². The first kappa shape index (κ1) is 15.1. The normalized spacial score (nSPS) is 16.0. The summed E-state index contributed by atoms with van der Waals surface area (Å²) in [5.74, 6) is 2.90. The molecule has 2 N–H and O–H groups in total. The lowest BCUT2D eigenvalue weighted by Gasteiger charge is -2.18. The van der Waals surface area contributed by atoms with Crippen LogP contribution in [0.5, 0.6) is 0 Å². The van der Waals surface area contributed by atoms with Gasteiger partial charge >= 0.3 is 0 Å². The predicted molar refractivity (Wildman–Crippen MR) is 85.4 cm³/mol. The molecule has 0 atom stereocenters. The zero-order valence-corrected chi connectivity index (χ0v) is 13.3. The van der Waals surface area contributed by atoms with Crippen molar-refractivity contribution < 1.29 is 0 Å². The van der Waals surface area contributed by atoms with Crippen LogP contribution in [-0.4, -0.2) is 23.1 Å². The fourth-order valence-corrected chi connectivity index (χ4v) is 2.73. The molecule has 1 aliphatic rings. The van der Waals surface area contributed by atoms with E-state index >= 15 is 0 Å². The Kier molecular flexibility index (Phi) is 4.84. The number of aromatic nitrogens is 2. The zero-order valence-electron chi connectivity index (χ0n) is 13.3. The third kappa shape index (κ3) is 3.41. The van der Waals surface area contributed by atoms with E-state index in [0.717, 1.165) is 42.5 Å². The molecule has 1 fully saturated rings. The minimum absolute atomic E-state index is 0.539. The lowest BCUT2D eigenvalue weighted by Crippen LogP contribution is -2.18. The Balaban J connectivity index is 2.11. The van der Waals surface area contributed by atoms with Gasteiger partial charge in [0.2, 0.25) is 0 Å². The van der Waals surface area contributed by atoms with Crippen LogP contribution < -0.4 is 10.6 Å². The summed E-state index contributed by atoms with van der Waals surface area (Å²) in [7, 11) is 0. The van der Waals surface area contributed by atoms with Crippen LogP contribution in [0, 0.1) is 12.3 Å². The van der Waals surface area contributed by atoms with Gasteiger partial charge in [0.15, 0.2) is 0 Å². The van der Waals surface area contributed by atoms with Gasteiger partial charge in [-0.3, -0.25) is 0 Å². The molecular weight excluding hydrogens is 248 g/mol. The lowest BCUT2D eigenvalue weighted by molar-refractivity contribution is 0.485. The second-order valence-electron chi connectivity index (χ2n) is 5.95. The Labute approximate surface area is 122 Å². The van der Waals surface area contributed by atoms with Crippen LogP contribution in [-0.2, 0) is 6.42 Å². The van der Waals surface area contributed by atoms with Gasteiger partial charge in [0, 0.05) is 25.1 Å². The van der Waals surface area contributed by atoms with Crippen LogP contribution in [0.2, 0.25) is 0 Å². The van der Waals surface area contributed by atoms with E-state index in [-0.39, 0.29) is 0 Å². The number of nitrogens with one attached hydrogen (secondary N) is 2. The summed E-state index contributed by atoms with van der Waals surface area (Å²) in [6.45, 7) is 10.5. The summed E-state index contributed by atoms with van der Waals surface area (Å²) in [5.41, 5.74) is 1.67. The van der Waals surface area contributed by atoms with Gasteiger partial charge in [-0.05, 0) is 38.5 Å². The summed E-state index contributed by atoms with van der Waals surface area (Å²) >= 11 is 0. The summed E-state index contributed by atoms with van der Waals surface area (Å²) in [6, 6.07) is 0. The number of hydrogen-bond donors (Lipinski definition) is 2. The first-order valence-electron chi connectivity index (χ1n) is 7.99. The highest BCUT2D eigenvalue weighted by Crippen LogP contribution is 2.49. The minimum atomic E-state index is 0.539. The fraction of sp³-hybridized carbons (Fsp3) is 0.750. The van der Waals surface area contributed by atoms with Gasteiger partial charge in [0.1, 0.15) is 17.5 Å². The molecule has 2 rings (SSSR count). The third-order valence-corrected chi connectivity index (χ3v) is 4.22. The first-order chi connectivity index (χ1) is 9.64. The van der Waals surface area contributed by atoms with E-state index in [0.29, 0.717) is 5.41 Å². The Morgan fingerprint density at radius 3 is 2.20 bits per heavy atom. The average Bonchev–Trinajstić information content (AvgIpc) is 3.20. The number of rotatable bonds is 8. The molecule has 1 heterocycles. The van der Waals surface area contributed by atoms with Crippen LogP contribution in [0.4, 0.5) is 11.6 Å². The Morgan fingerprint density at radius 2 is 1.70 bits per heavy atom. The van der Waals surface area contributed by atoms with Crippen LogP contribution in [0.25, 0.3) is 0 Å². The smallest absolute Gasteiger partial charge is 0.134 e. The highest BCUT2D eigenvalue weighted by Gasteiger charge is 2.41. The molecule has 0 saturated heterocycles.